The summed E-state index contributed by atoms with van der Waals surface area (Å²) in [7, 11) is 0. The van der Waals surface area contributed by atoms with Gasteiger partial charge in [-0.05, 0) is 6.07 Å². The number of alkyl halides is 3. The molecule has 1 rings (SSSR count). The monoisotopic (exact) mass is 265 g/mol. The number of Topliss-reactive ketones (excluding diaryl/α,β-unsaturated/α-hetero) is 1. The number of benzene rings is 1. The van der Waals surface area contributed by atoms with Gasteiger partial charge in [-0.25, -0.2) is 0 Å². The van der Waals surface area contributed by atoms with Crippen molar-refractivity contribution in [3.8, 4) is 0 Å². The first-order valence-corrected chi connectivity index (χ1v) is 4.76. The van der Waals surface area contributed by atoms with Crippen LogP contribution in [0.25, 0.3) is 0 Å². The summed E-state index contributed by atoms with van der Waals surface area (Å²) in [4.78, 5) is 20.6. The number of nitro groups is 1. The quantitative estimate of drug-likeness (QED) is 0.364. The van der Waals surface area contributed by atoms with E-state index in [0.29, 0.717) is 6.07 Å². The molecule has 0 saturated heterocycles. The summed E-state index contributed by atoms with van der Waals surface area (Å²) in [6, 6.07) is 0.297. The largest absolute Gasteiger partial charge is 0.417 e. The second kappa shape index (κ2) is 4.71. The molecule has 0 bridgehead atoms. The zero-order valence-electron chi connectivity index (χ0n) is 9.05. The number of halogens is 4. The molecule has 1 aromatic rings. The van der Waals surface area contributed by atoms with Gasteiger partial charge in [0.1, 0.15) is 0 Å². The molecular weight excluding hydrogens is 258 g/mol. The van der Waals surface area contributed by atoms with Crippen LogP contribution in [0.15, 0.2) is 12.1 Å². The fourth-order valence-corrected chi connectivity index (χ4v) is 1.36. The van der Waals surface area contributed by atoms with Crippen LogP contribution < -0.4 is 0 Å². The van der Waals surface area contributed by atoms with E-state index < -0.39 is 39.5 Å². The number of carbonyl (C=O) groups is 1. The molecule has 1 aromatic carbocycles. The maximum atomic E-state index is 13.1. The first-order chi connectivity index (χ1) is 8.18. The van der Waals surface area contributed by atoms with Gasteiger partial charge in [0.2, 0.25) is 5.82 Å². The third-order valence-corrected chi connectivity index (χ3v) is 2.21. The predicted octanol–water partition coefficient (Wildman–Crippen LogP) is 3.35. The summed E-state index contributed by atoms with van der Waals surface area (Å²) < 4.78 is 50.8. The fourth-order valence-electron chi connectivity index (χ4n) is 1.36. The van der Waals surface area contributed by atoms with E-state index in [1.54, 1.807) is 0 Å². The highest BCUT2D eigenvalue weighted by molar-refractivity contribution is 5.98. The second-order valence-corrected chi connectivity index (χ2v) is 3.38. The molecule has 0 amide bonds. The zero-order chi connectivity index (χ0) is 14.1. The minimum absolute atomic E-state index is 0.0268. The van der Waals surface area contributed by atoms with Crippen LogP contribution in [-0.2, 0) is 6.18 Å². The van der Waals surface area contributed by atoms with E-state index in [-0.39, 0.29) is 12.5 Å². The van der Waals surface area contributed by atoms with Crippen LogP contribution >= 0.6 is 0 Å². The molecule has 0 atom stereocenters. The SMILES string of the molecule is CCC(=O)c1cc([N+](=O)[O-])c(F)cc1C(F)(F)F. The maximum absolute atomic E-state index is 13.1. The smallest absolute Gasteiger partial charge is 0.294 e. The number of nitrogens with zero attached hydrogens (tertiary/aromatic N) is 1. The van der Waals surface area contributed by atoms with Gasteiger partial charge in [0.15, 0.2) is 5.78 Å². The highest BCUT2D eigenvalue weighted by Crippen LogP contribution is 2.35. The zero-order valence-corrected chi connectivity index (χ0v) is 9.05. The molecule has 0 saturated carbocycles. The molecule has 0 spiro atoms. The molecule has 0 radical (unpaired) electrons. The van der Waals surface area contributed by atoms with Crippen molar-refractivity contribution in [1.82, 2.24) is 0 Å². The molecule has 0 aliphatic carbocycles. The standard InChI is InChI=1S/C10H7F4NO3/c1-2-9(16)5-3-8(15(17)18)7(11)4-6(5)10(12,13)14/h3-4H,2H2,1H3. The first-order valence-electron chi connectivity index (χ1n) is 4.76. The van der Waals surface area contributed by atoms with Gasteiger partial charge in [-0.1, -0.05) is 6.92 Å². The number of rotatable bonds is 3. The lowest BCUT2D eigenvalue weighted by atomic mass is 10.0. The molecule has 0 fully saturated rings. The number of hydrogen-bond acceptors (Lipinski definition) is 3. The summed E-state index contributed by atoms with van der Waals surface area (Å²) in [5.41, 5.74) is -3.55. The molecule has 0 heterocycles. The molecule has 8 heteroatoms. The van der Waals surface area contributed by atoms with Crippen molar-refractivity contribution in [2.75, 3.05) is 0 Å². The number of ketones is 1. The van der Waals surface area contributed by atoms with Crippen LogP contribution in [0.1, 0.15) is 29.3 Å². The summed E-state index contributed by atoms with van der Waals surface area (Å²) in [5.74, 6) is -2.56. The molecular formula is C10H7F4NO3. The van der Waals surface area contributed by atoms with Gasteiger partial charge in [-0.2, -0.15) is 17.6 Å². The molecule has 0 unspecified atom stereocenters. The molecule has 18 heavy (non-hydrogen) atoms. The van der Waals surface area contributed by atoms with Gasteiger partial charge in [0.05, 0.1) is 10.5 Å². The van der Waals surface area contributed by atoms with E-state index in [4.69, 9.17) is 0 Å². The minimum atomic E-state index is -4.95. The van der Waals surface area contributed by atoms with Crippen molar-refractivity contribution < 1.29 is 27.3 Å². The lowest BCUT2D eigenvalue weighted by Crippen LogP contribution is -2.14. The Morgan fingerprint density at radius 2 is 1.94 bits per heavy atom. The molecule has 0 aliphatic rings. The predicted molar refractivity (Wildman–Crippen MR) is 52.7 cm³/mol. The van der Waals surface area contributed by atoms with Crippen LogP contribution in [0.4, 0.5) is 23.2 Å². The van der Waals surface area contributed by atoms with E-state index in [9.17, 15) is 32.5 Å². The van der Waals surface area contributed by atoms with Crippen molar-refractivity contribution in [2.24, 2.45) is 0 Å². The van der Waals surface area contributed by atoms with Crippen molar-refractivity contribution >= 4 is 11.5 Å². The highest BCUT2D eigenvalue weighted by atomic mass is 19.4. The third kappa shape index (κ3) is 2.63. The molecule has 4 nitrogen and oxygen atoms in total. The van der Waals surface area contributed by atoms with Gasteiger partial charge in [-0.3, -0.25) is 14.9 Å². The summed E-state index contributed by atoms with van der Waals surface area (Å²) >= 11 is 0. The lowest BCUT2D eigenvalue weighted by molar-refractivity contribution is -0.387. The van der Waals surface area contributed by atoms with E-state index >= 15 is 0 Å². The topological polar surface area (TPSA) is 60.2 Å². The van der Waals surface area contributed by atoms with Crippen LogP contribution in [0.5, 0.6) is 0 Å². The summed E-state index contributed by atoms with van der Waals surface area (Å²) in [6.07, 6.45) is -5.22. The Morgan fingerprint density at radius 3 is 2.33 bits per heavy atom. The average Bonchev–Trinajstić information content (AvgIpc) is 2.26. The van der Waals surface area contributed by atoms with Gasteiger partial charge in [0.25, 0.3) is 0 Å². The van der Waals surface area contributed by atoms with Gasteiger partial charge in [0, 0.05) is 18.1 Å². The van der Waals surface area contributed by atoms with Gasteiger partial charge in [-0.15, -0.1) is 0 Å². The van der Waals surface area contributed by atoms with Gasteiger partial charge >= 0.3 is 11.9 Å². The van der Waals surface area contributed by atoms with Crippen LogP contribution in [-0.4, -0.2) is 10.7 Å². The van der Waals surface area contributed by atoms with Crippen LogP contribution in [0.3, 0.4) is 0 Å². The maximum Gasteiger partial charge on any atom is 0.417 e. The Bertz CT molecular complexity index is 511. The van der Waals surface area contributed by atoms with E-state index in [0.717, 1.165) is 0 Å². The van der Waals surface area contributed by atoms with Crippen molar-refractivity contribution in [2.45, 2.75) is 19.5 Å². The normalized spacial score (nSPS) is 11.4. The Kier molecular flexibility index (Phi) is 3.68. The Balaban J connectivity index is 3.57. The van der Waals surface area contributed by atoms with Gasteiger partial charge < -0.3 is 0 Å². The van der Waals surface area contributed by atoms with Crippen LogP contribution in [0, 0.1) is 15.9 Å². The van der Waals surface area contributed by atoms with E-state index in [2.05, 4.69) is 0 Å². The minimum Gasteiger partial charge on any atom is -0.294 e. The summed E-state index contributed by atoms with van der Waals surface area (Å²) in [6.45, 7) is 1.30. The van der Waals surface area contributed by atoms with Crippen molar-refractivity contribution in [3.05, 3.63) is 39.2 Å². The van der Waals surface area contributed by atoms with E-state index in [1.165, 1.54) is 6.92 Å². The molecule has 98 valence electrons. The second-order valence-electron chi connectivity index (χ2n) is 3.38. The van der Waals surface area contributed by atoms with Crippen LogP contribution in [0.2, 0.25) is 0 Å². The highest BCUT2D eigenvalue weighted by Gasteiger charge is 2.37. The molecule has 0 aliphatic heterocycles. The molecule has 0 N–H and O–H groups in total. The Morgan fingerprint density at radius 1 is 1.39 bits per heavy atom. The van der Waals surface area contributed by atoms with Crippen molar-refractivity contribution in [3.63, 3.8) is 0 Å². The first kappa shape index (κ1) is 14.1. The Hall–Kier alpha value is -1.99. The number of hydrogen-bond donors (Lipinski definition) is 0. The average molecular weight is 265 g/mol. The number of nitro benzene ring substituents is 1. The fraction of sp³-hybridized carbons (Fsp3) is 0.300. The number of carbonyl (C=O) groups excluding carboxylic acids is 1. The molecule has 0 aromatic heterocycles. The van der Waals surface area contributed by atoms with E-state index in [1.807, 2.05) is 0 Å². The van der Waals surface area contributed by atoms with Crippen molar-refractivity contribution in [1.29, 1.82) is 0 Å². The Labute approximate surface area is 98.4 Å². The summed E-state index contributed by atoms with van der Waals surface area (Å²) in [5, 5.41) is 10.4. The third-order valence-electron chi connectivity index (χ3n) is 2.21. The lowest BCUT2D eigenvalue weighted by Gasteiger charge is -2.11.